The minimum absolute atomic E-state index is 0.0682. The molecule has 1 rings (SSSR count). The van der Waals surface area contributed by atoms with Crippen LogP contribution in [0, 0.1) is 11.3 Å². The zero-order valence-electron chi connectivity index (χ0n) is 8.34. The van der Waals surface area contributed by atoms with Crippen molar-refractivity contribution in [3.8, 4) is 6.07 Å². The van der Waals surface area contributed by atoms with Crippen LogP contribution in [0.4, 0.5) is 13.2 Å². The highest BCUT2D eigenvalue weighted by atomic mass is 19.4. The van der Waals surface area contributed by atoms with E-state index >= 15 is 0 Å². The van der Waals surface area contributed by atoms with Crippen LogP contribution in [0.5, 0.6) is 0 Å². The highest BCUT2D eigenvalue weighted by Gasteiger charge is 2.35. The largest absolute Gasteiger partial charge is 0.435 e. The number of halogens is 3. The highest BCUT2D eigenvalue weighted by Crippen LogP contribution is 2.29. The second-order valence-corrected chi connectivity index (χ2v) is 3.39. The molecule has 1 aromatic heterocycles. The second-order valence-electron chi connectivity index (χ2n) is 3.39. The van der Waals surface area contributed by atoms with Gasteiger partial charge in [-0.05, 0) is 19.9 Å². The molecule has 0 aromatic carbocycles. The van der Waals surface area contributed by atoms with Gasteiger partial charge in [-0.1, -0.05) is 0 Å². The number of hydrogen-bond acceptors (Lipinski definition) is 2. The van der Waals surface area contributed by atoms with Crippen LogP contribution in [-0.2, 0) is 12.6 Å². The molecule has 1 heterocycles. The molecule has 6 heteroatoms. The Kier molecular flexibility index (Phi) is 3.03. The van der Waals surface area contributed by atoms with Crippen LogP contribution in [0.2, 0.25) is 0 Å². The first-order chi connectivity index (χ1) is 6.86. The van der Waals surface area contributed by atoms with Gasteiger partial charge in [0.05, 0.1) is 18.2 Å². The van der Waals surface area contributed by atoms with Crippen molar-refractivity contribution in [2.45, 2.75) is 32.5 Å². The van der Waals surface area contributed by atoms with Crippen molar-refractivity contribution in [3.63, 3.8) is 0 Å². The van der Waals surface area contributed by atoms with Gasteiger partial charge in [0.15, 0.2) is 5.69 Å². The maximum Gasteiger partial charge on any atom is 0.435 e. The fraction of sp³-hybridized carbons (Fsp3) is 0.556. The molecule has 3 nitrogen and oxygen atoms in total. The quantitative estimate of drug-likeness (QED) is 0.763. The summed E-state index contributed by atoms with van der Waals surface area (Å²) in [6.07, 6.45) is -4.52. The van der Waals surface area contributed by atoms with E-state index in [2.05, 4.69) is 5.10 Å². The molecule has 0 radical (unpaired) electrons. The average molecular weight is 217 g/mol. The summed E-state index contributed by atoms with van der Waals surface area (Å²) in [7, 11) is 0. The van der Waals surface area contributed by atoms with Crippen LogP contribution in [0.25, 0.3) is 0 Å². The van der Waals surface area contributed by atoms with Gasteiger partial charge in [-0.25, -0.2) is 0 Å². The van der Waals surface area contributed by atoms with Crippen LogP contribution in [0.3, 0.4) is 0 Å². The van der Waals surface area contributed by atoms with E-state index in [0.29, 0.717) is 5.69 Å². The lowest BCUT2D eigenvalue weighted by atomic mass is 10.2. The molecule has 82 valence electrons. The molecule has 0 spiro atoms. The molecule has 0 amide bonds. The smallest absolute Gasteiger partial charge is 0.265 e. The van der Waals surface area contributed by atoms with E-state index in [1.54, 1.807) is 13.8 Å². The fourth-order valence-electron chi connectivity index (χ4n) is 1.23. The van der Waals surface area contributed by atoms with Crippen LogP contribution in [0.15, 0.2) is 6.07 Å². The molecule has 0 aliphatic heterocycles. The van der Waals surface area contributed by atoms with Crippen molar-refractivity contribution in [1.29, 1.82) is 5.26 Å². The van der Waals surface area contributed by atoms with Gasteiger partial charge >= 0.3 is 6.18 Å². The molecular weight excluding hydrogens is 207 g/mol. The average Bonchev–Trinajstić information content (AvgIpc) is 2.48. The van der Waals surface area contributed by atoms with Gasteiger partial charge in [0.25, 0.3) is 0 Å². The van der Waals surface area contributed by atoms with E-state index in [1.807, 2.05) is 6.07 Å². The molecule has 0 atom stereocenters. The lowest BCUT2D eigenvalue weighted by Gasteiger charge is -2.08. The van der Waals surface area contributed by atoms with Crippen molar-refractivity contribution >= 4 is 0 Å². The van der Waals surface area contributed by atoms with Crippen molar-refractivity contribution in [1.82, 2.24) is 9.78 Å². The van der Waals surface area contributed by atoms with E-state index in [9.17, 15) is 13.2 Å². The Bertz CT molecular complexity index is 384. The predicted molar refractivity (Wildman–Crippen MR) is 46.9 cm³/mol. The van der Waals surface area contributed by atoms with Gasteiger partial charge in [-0.3, -0.25) is 4.68 Å². The van der Waals surface area contributed by atoms with Crippen LogP contribution >= 0.6 is 0 Å². The minimum Gasteiger partial charge on any atom is -0.265 e. The highest BCUT2D eigenvalue weighted by molar-refractivity contribution is 5.16. The van der Waals surface area contributed by atoms with E-state index in [1.165, 1.54) is 4.68 Å². The number of hydrogen-bond donors (Lipinski definition) is 0. The molecule has 0 N–H and O–H groups in total. The van der Waals surface area contributed by atoms with E-state index in [4.69, 9.17) is 5.26 Å². The first-order valence-electron chi connectivity index (χ1n) is 4.39. The summed E-state index contributed by atoms with van der Waals surface area (Å²) >= 11 is 0. The molecule has 0 aliphatic carbocycles. The third kappa shape index (κ3) is 2.49. The number of nitrogens with zero attached hydrogens (tertiary/aromatic N) is 3. The Balaban J connectivity index is 3.16. The van der Waals surface area contributed by atoms with E-state index < -0.39 is 11.9 Å². The van der Waals surface area contributed by atoms with Crippen molar-refractivity contribution in [2.75, 3.05) is 0 Å². The first-order valence-corrected chi connectivity index (χ1v) is 4.39. The predicted octanol–water partition coefficient (Wildman–Crippen LogP) is 2.55. The molecule has 0 saturated carbocycles. The third-order valence-electron chi connectivity index (χ3n) is 1.85. The Morgan fingerprint density at radius 3 is 2.53 bits per heavy atom. The lowest BCUT2D eigenvalue weighted by Crippen LogP contribution is -2.10. The van der Waals surface area contributed by atoms with Crippen LogP contribution in [0.1, 0.15) is 31.3 Å². The monoisotopic (exact) mass is 217 g/mol. The second kappa shape index (κ2) is 3.93. The van der Waals surface area contributed by atoms with Crippen molar-refractivity contribution in [3.05, 3.63) is 17.5 Å². The summed E-state index contributed by atoms with van der Waals surface area (Å²) in [5.74, 6) is 0. The number of rotatable bonds is 2. The SMILES string of the molecule is CC(C)n1nc(C(F)(F)F)cc1CC#N. The first kappa shape index (κ1) is 11.6. The van der Waals surface area contributed by atoms with Gasteiger partial charge in [-0.2, -0.15) is 23.5 Å². The molecular formula is C9H10F3N3. The minimum atomic E-state index is -4.45. The van der Waals surface area contributed by atoms with Crippen molar-refractivity contribution < 1.29 is 13.2 Å². The molecule has 0 bridgehead atoms. The van der Waals surface area contributed by atoms with Crippen LogP contribution in [-0.4, -0.2) is 9.78 Å². The fourth-order valence-corrected chi connectivity index (χ4v) is 1.23. The lowest BCUT2D eigenvalue weighted by molar-refractivity contribution is -0.141. The van der Waals surface area contributed by atoms with Gasteiger partial charge < -0.3 is 0 Å². The Hall–Kier alpha value is -1.51. The summed E-state index contributed by atoms with van der Waals surface area (Å²) in [4.78, 5) is 0. The molecule has 0 fully saturated rings. The van der Waals surface area contributed by atoms with Gasteiger partial charge in [0.1, 0.15) is 0 Å². The summed E-state index contributed by atoms with van der Waals surface area (Å²) in [6.45, 7) is 3.43. The maximum absolute atomic E-state index is 12.3. The molecule has 15 heavy (non-hydrogen) atoms. The standard InChI is InChI=1S/C9H10F3N3/c1-6(2)15-7(3-4-13)5-8(14-15)9(10,11)12/h5-6H,3H2,1-2H3. The summed E-state index contributed by atoms with van der Waals surface area (Å²) in [5.41, 5.74) is -0.652. The summed E-state index contributed by atoms with van der Waals surface area (Å²) in [6, 6.07) is 2.55. The zero-order chi connectivity index (χ0) is 11.6. The topological polar surface area (TPSA) is 41.6 Å². The maximum atomic E-state index is 12.3. The molecule has 0 aliphatic rings. The van der Waals surface area contributed by atoms with Gasteiger partial charge in [-0.15, -0.1) is 0 Å². The molecule has 0 saturated heterocycles. The third-order valence-corrected chi connectivity index (χ3v) is 1.85. The van der Waals surface area contributed by atoms with Gasteiger partial charge in [0.2, 0.25) is 0 Å². The zero-order valence-corrected chi connectivity index (χ0v) is 8.34. The Morgan fingerprint density at radius 1 is 1.53 bits per heavy atom. The van der Waals surface area contributed by atoms with E-state index in [0.717, 1.165) is 6.07 Å². The van der Waals surface area contributed by atoms with Crippen molar-refractivity contribution in [2.24, 2.45) is 0 Å². The summed E-state index contributed by atoms with van der Waals surface area (Å²) < 4.78 is 38.2. The summed E-state index contributed by atoms with van der Waals surface area (Å²) in [5, 5.41) is 11.9. The normalized spacial score (nSPS) is 11.8. The number of nitriles is 1. The number of aromatic nitrogens is 2. The Morgan fingerprint density at radius 2 is 2.13 bits per heavy atom. The molecule has 1 aromatic rings. The van der Waals surface area contributed by atoms with Crippen LogP contribution < -0.4 is 0 Å². The van der Waals surface area contributed by atoms with Gasteiger partial charge in [0, 0.05) is 6.04 Å². The Labute approximate surface area is 85.1 Å². The number of alkyl halides is 3. The van der Waals surface area contributed by atoms with E-state index in [-0.39, 0.29) is 12.5 Å². The molecule has 0 unspecified atom stereocenters.